The number of methoxy groups -OCH3 is 1. The van der Waals surface area contributed by atoms with E-state index in [2.05, 4.69) is 0 Å². The second-order valence-corrected chi connectivity index (χ2v) is 4.29. The zero-order valence-electron chi connectivity index (χ0n) is 9.09. The number of aliphatic hydroxyl groups is 1. The van der Waals surface area contributed by atoms with Crippen LogP contribution in [0.25, 0.3) is 0 Å². The van der Waals surface area contributed by atoms with Crippen molar-refractivity contribution in [2.75, 3.05) is 7.11 Å². The second-order valence-electron chi connectivity index (χ2n) is 4.29. The molecule has 1 aliphatic carbocycles. The van der Waals surface area contributed by atoms with E-state index in [0.717, 1.165) is 25.0 Å². The highest BCUT2D eigenvalue weighted by atomic mass is 19.1. The van der Waals surface area contributed by atoms with Crippen molar-refractivity contribution in [1.29, 1.82) is 0 Å². The maximum absolute atomic E-state index is 13.5. The van der Waals surface area contributed by atoms with Crippen LogP contribution in [-0.2, 0) is 6.42 Å². The molecule has 0 unspecified atom stereocenters. The minimum Gasteiger partial charge on any atom is -0.496 e. The van der Waals surface area contributed by atoms with Gasteiger partial charge in [-0.2, -0.15) is 0 Å². The summed E-state index contributed by atoms with van der Waals surface area (Å²) in [6.45, 7) is 0. The first-order valence-corrected chi connectivity index (χ1v) is 5.28. The van der Waals surface area contributed by atoms with Gasteiger partial charge < -0.3 is 9.84 Å². The van der Waals surface area contributed by atoms with Crippen molar-refractivity contribution in [3.05, 3.63) is 29.3 Å². The van der Waals surface area contributed by atoms with Crippen LogP contribution in [0, 0.1) is 11.6 Å². The van der Waals surface area contributed by atoms with E-state index in [0.29, 0.717) is 18.4 Å². The lowest BCUT2D eigenvalue weighted by atomic mass is 10.0. The second kappa shape index (κ2) is 4.01. The zero-order chi connectivity index (χ0) is 11.8. The van der Waals surface area contributed by atoms with Crippen LogP contribution in [0.1, 0.15) is 24.8 Å². The van der Waals surface area contributed by atoms with Crippen LogP contribution in [0.3, 0.4) is 0 Å². The van der Waals surface area contributed by atoms with Crippen LogP contribution < -0.4 is 4.74 Å². The molecule has 0 spiro atoms. The molecule has 1 N–H and O–H groups in total. The third-order valence-corrected chi connectivity index (χ3v) is 3.01. The number of rotatable bonds is 4. The molecule has 4 heteroatoms. The van der Waals surface area contributed by atoms with E-state index in [1.165, 1.54) is 7.11 Å². The Balaban J connectivity index is 2.17. The van der Waals surface area contributed by atoms with Crippen LogP contribution in [0.2, 0.25) is 0 Å². The summed E-state index contributed by atoms with van der Waals surface area (Å²) in [6.07, 6.45) is 2.38. The van der Waals surface area contributed by atoms with Gasteiger partial charge in [-0.3, -0.25) is 0 Å². The molecule has 0 saturated heterocycles. The molecule has 0 radical (unpaired) electrons. The van der Waals surface area contributed by atoms with E-state index in [4.69, 9.17) is 4.74 Å². The van der Waals surface area contributed by atoms with E-state index >= 15 is 0 Å². The van der Waals surface area contributed by atoms with E-state index in [1.54, 1.807) is 0 Å². The number of hydrogen-bond acceptors (Lipinski definition) is 2. The molecule has 1 aromatic carbocycles. The quantitative estimate of drug-likeness (QED) is 0.857. The first kappa shape index (κ1) is 11.3. The minimum atomic E-state index is -0.650. The summed E-state index contributed by atoms with van der Waals surface area (Å²) >= 11 is 0. The van der Waals surface area contributed by atoms with Crippen molar-refractivity contribution in [2.45, 2.75) is 31.3 Å². The molecular weight excluding hydrogens is 214 g/mol. The molecule has 1 aromatic rings. The Bertz CT molecular complexity index is 400. The van der Waals surface area contributed by atoms with Crippen LogP contribution >= 0.6 is 0 Å². The van der Waals surface area contributed by atoms with E-state index in [1.807, 2.05) is 0 Å². The Kier molecular flexibility index (Phi) is 2.84. The van der Waals surface area contributed by atoms with Gasteiger partial charge in [-0.25, -0.2) is 8.78 Å². The van der Waals surface area contributed by atoms with Gasteiger partial charge in [-0.1, -0.05) is 0 Å². The van der Waals surface area contributed by atoms with Crippen molar-refractivity contribution in [2.24, 2.45) is 0 Å². The first-order chi connectivity index (χ1) is 7.54. The summed E-state index contributed by atoms with van der Waals surface area (Å²) in [4.78, 5) is 0. The first-order valence-electron chi connectivity index (χ1n) is 5.28. The molecule has 88 valence electrons. The smallest absolute Gasteiger partial charge is 0.133 e. The molecule has 0 atom stereocenters. The standard InChI is InChI=1S/C12H14F2O2/c1-16-11-7-8(13)6-10(14)9(11)2-3-12(15)4-5-12/h6-7,15H,2-5H2,1H3. The van der Waals surface area contributed by atoms with Gasteiger partial charge in [0.15, 0.2) is 0 Å². The van der Waals surface area contributed by atoms with Gasteiger partial charge in [0.2, 0.25) is 0 Å². The maximum Gasteiger partial charge on any atom is 0.133 e. The van der Waals surface area contributed by atoms with Crippen LogP contribution in [0.4, 0.5) is 8.78 Å². The third kappa shape index (κ3) is 2.32. The summed E-state index contributed by atoms with van der Waals surface area (Å²) in [7, 11) is 1.38. The van der Waals surface area contributed by atoms with Crippen LogP contribution in [0.5, 0.6) is 5.75 Å². The number of ether oxygens (including phenoxy) is 1. The monoisotopic (exact) mass is 228 g/mol. The molecule has 0 amide bonds. The van der Waals surface area contributed by atoms with Gasteiger partial charge in [0.05, 0.1) is 12.7 Å². The van der Waals surface area contributed by atoms with Crippen molar-refractivity contribution in [3.8, 4) is 5.75 Å². The van der Waals surface area contributed by atoms with Gasteiger partial charge in [0.25, 0.3) is 0 Å². The van der Waals surface area contributed by atoms with Gasteiger partial charge in [-0.15, -0.1) is 0 Å². The zero-order valence-corrected chi connectivity index (χ0v) is 9.09. The Hall–Kier alpha value is -1.16. The Morgan fingerprint density at radius 1 is 1.38 bits per heavy atom. The average Bonchev–Trinajstić information content (AvgIpc) is 2.94. The Morgan fingerprint density at radius 2 is 2.06 bits per heavy atom. The lowest BCUT2D eigenvalue weighted by Gasteiger charge is -2.12. The molecule has 0 bridgehead atoms. The third-order valence-electron chi connectivity index (χ3n) is 3.01. The summed E-state index contributed by atoms with van der Waals surface area (Å²) in [5, 5.41) is 9.66. The largest absolute Gasteiger partial charge is 0.496 e. The van der Waals surface area contributed by atoms with E-state index in [9.17, 15) is 13.9 Å². The molecule has 16 heavy (non-hydrogen) atoms. The molecule has 2 nitrogen and oxygen atoms in total. The normalized spacial score (nSPS) is 17.2. The summed E-state index contributed by atoms with van der Waals surface area (Å²) < 4.78 is 31.3. The fourth-order valence-electron chi connectivity index (χ4n) is 1.76. The van der Waals surface area contributed by atoms with Gasteiger partial charge in [-0.05, 0) is 25.7 Å². The molecule has 2 rings (SSSR count). The topological polar surface area (TPSA) is 29.5 Å². The fourth-order valence-corrected chi connectivity index (χ4v) is 1.76. The van der Waals surface area contributed by atoms with Crippen molar-refractivity contribution in [1.82, 2.24) is 0 Å². The highest BCUT2D eigenvalue weighted by Gasteiger charge is 2.39. The van der Waals surface area contributed by atoms with Crippen molar-refractivity contribution in [3.63, 3.8) is 0 Å². The predicted molar refractivity (Wildman–Crippen MR) is 55.4 cm³/mol. The predicted octanol–water partition coefficient (Wildman–Crippen LogP) is 2.43. The highest BCUT2D eigenvalue weighted by Crippen LogP contribution is 2.40. The van der Waals surface area contributed by atoms with E-state index in [-0.39, 0.29) is 5.75 Å². The number of hydrogen-bond donors (Lipinski definition) is 1. The molecule has 1 saturated carbocycles. The van der Waals surface area contributed by atoms with Gasteiger partial charge >= 0.3 is 0 Å². The molecule has 1 aliphatic rings. The van der Waals surface area contributed by atoms with Crippen LogP contribution in [-0.4, -0.2) is 17.8 Å². The van der Waals surface area contributed by atoms with Crippen LogP contribution in [0.15, 0.2) is 12.1 Å². The SMILES string of the molecule is COc1cc(F)cc(F)c1CCC1(O)CC1. The Labute approximate surface area is 92.9 Å². The van der Waals surface area contributed by atoms with E-state index < -0.39 is 17.2 Å². The average molecular weight is 228 g/mol. The summed E-state index contributed by atoms with van der Waals surface area (Å²) in [5.41, 5.74) is -0.296. The molecule has 0 heterocycles. The summed E-state index contributed by atoms with van der Waals surface area (Å²) in [5.74, 6) is -1.05. The molecule has 0 aliphatic heterocycles. The molecule has 0 aromatic heterocycles. The Morgan fingerprint density at radius 3 is 2.62 bits per heavy atom. The molecular formula is C12H14F2O2. The highest BCUT2D eigenvalue weighted by molar-refractivity contribution is 5.35. The lowest BCUT2D eigenvalue weighted by Crippen LogP contribution is -2.09. The van der Waals surface area contributed by atoms with Gasteiger partial charge in [0.1, 0.15) is 17.4 Å². The molecule has 1 fully saturated rings. The maximum atomic E-state index is 13.5. The number of benzene rings is 1. The van der Waals surface area contributed by atoms with Gasteiger partial charge in [0, 0.05) is 17.7 Å². The fraction of sp³-hybridized carbons (Fsp3) is 0.500. The number of halogens is 2. The summed E-state index contributed by atoms with van der Waals surface area (Å²) in [6, 6.07) is 2.00. The van der Waals surface area contributed by atoms with Crippen molar-refractivity contribution < 1.29 is 18.6 Å². The van der Waals surface area contributed by atoms with Crippen molar-refractivity contribution >= 4 is 0 Å². The minimum absolute atomic E-state index is 0.210. The lowest BCUT2D eigenvalue weighted by molar-refractivity contribution is 0.140.